The van der Waals surface area contributed by atoms with Crippen molar-refractivity contribution in [2.75, 3.05) is 7.11 Å². The lowest BCUT2D eigenvalue weighted by molar-refractivity contribution is 0.0911. The van der Waals surface area contributed by atoms with E-state index < -0.39 is 11.6 Å². The minimum atomic E-state index is -0.674. The van der Waals surface area contributed by atoms with E-state index in [-0.39, 0.29) is 24.3 Å². The van der Waals surface area contributed by atoms with Crippen LogP contribution in [0.25, 0.3) is 0 Å². The SMILES string of the molecule is COc1ccccc1C(=O)CCC(=O)c1ncccc1F. The molecule has 0 aliphatic carbocycles. The fourth-order valence-corrected chi connectivity index (χ4v) is 1.95. The van der Waals surface area contributed by atoms with Crippen molar-refractivity contribution in [2.45, 2.75) is 12.8 Å². The summed E-state index contributed by atoms with van der Waals surface area (Å²) in [4.78, 5) is 27.7. The van der Waals surface area contributed by atoms with Crippen LogP contribution in [0.5, 0.6) is 5.75 Å². The Morgan fingerprint density at radius 2 is 1.81 bits per heavy atom. The highest BCUT2D eigenvalue weighted by Crippen LogP contribution is 2.20. The Hall–Kier alpha value is -2.56. The molecule has 2 rings (SSSR count). The van der Waals surface area contributed by atoms with Crippen molar-refractivity contribution in [2.24, 2.45) is 0 Å². The van der Waals surface area contributed by atoms with Gasteiger partial charge in [0.2, 0.25) is 0 Å². The van der Waals surface area contributed by atoms with Crippen LogP contribution in [0.15, 0.2) is 42.6 Å². The zero-order valence-electron chi connectivity index (χ0n) is 11.5. The monoisotopic (exact) mass is 287 g/mol. The predicted molar refractivity (Wildman–Crippen MR) is 75.1 cm³/mol. The van der Waals surface area contributed by atoms with E-state index in [4.69, 9.17) is 4.74 Å². The van der Waals surface area contributed by atoms with Crippen molar-refractivity contribution in [1.82, 2.24) is 4.98 Å². The Morgan fingerprint density at radius 1 is 1.10 bits per heavy atom. The van der Waals surface area contributed by atoms with Crippen molar-refractivity contribution in [1.29, 1.82) is 0 Å². The minimum Gasteiger partial charge on any atom is -0.496 e. The van der Waals surface area contributed by atoms with Gasteiger partial charge in [-0.25, -0.2) is 4.39 Å². The minimum absolute atomic E-state index is 0.0186. The first-order chi connectivity index (χ1) is 10.1. The summed E-state index contributed by atoms with van der Waals surface area (Å²) in [7, 11) is 1.47. The number of para-hydroxylation sites is 1. The maximum Gasteiger partial charge on any atom is 0.184 e. The molecule has 1 aromatic carbocycles. The number of ether oxygens (including phenoxy) is 1. The molecule has 4 nitrogen and oxygen atoms in total. The quantitative estimate of drug-likeness (QED) is 0.766. The second kappa shape index (κ2) is 6.74. The Kier molecular flexibility index (Phi) is 4.77. The second-order valence-electron chi connectivity index (χ2n) is 4.38. The highest BCUT2D eigenvalue weighted by atomic mass is 19.1. The van der Waals surface area contributed by atoms with Gasteiger partial charge in [-0.2, -0.15) is 0 Å². The van der Waals surface area contributed by atoms with Gasteiger partial charge < -0.3 is 4.74 Å². The highest BCUT2D eigenvalue weighted by molar-refractivity contribution is 6.02. The van der Waals surface area contributed by atoms with E-state index in [1.54, 1.807) is 24.3 Å². The van der Waals surface area contributed by atoms with Crippen LogP contribution < -0.4 is 4.74 Å². The Morgan fingerprint density at radius 3 is 2.52 bits per heavy atom. The maximum absolute atomic E-state index is 13.4. The molecule has 0 aliphatic heterocycles. The van der Waals surface area contributed by atoms with Crippen LogP contribution in [0.2, 0.25) is 0 Å². The topological polar surface area (TPSA) is 56.3 Å². The van der Waals surface area contributed by atoms with Gasteiger partial charge in [0, 0.05) is 19.0 Å². The van der Waals surface area contributed by atoms with Crippen LogP contribution in [-0.2, 0) is 0 Å². The molecular formula is C16H14FNO3. The summed E-state index contributed by atoms with van der Waals surface area (Å²) in [5, 5.41) is 0. The van der Waals surface area contributed by atoms with Gasteiger partial charge in [-0.15, -0.1) is 0 Å². The lowest BCUT2D eigenvalue weighted by Gasteiger charge is -2.06. The summed E-state index contributed by atoms with van der Waals surface area (Å²) >= 11 is 0. The average molecular weight is 287 g/mol. The Balaban J connectivity index is 2.05. The van der Waals surface area contributed by atoms with Gasteiger partial charge in [0.05, 0.1) is 12.7 Å². The number of Topliss-reactive ketones (excluding diaryl/α,β-unsaturated/α-hetero) is 2. The van der Waals surface area contributed by atoms with E-state index in [2.05, 4.69) is 4.98 Å². The lowest BCUT2D eigenvalue weighted by atomic mass is 10.0. The number of hydrogen-bond acceptors (Lipinski definition) is 4. The number of carbonyl (C=O) groups is 2. The van der Waals surface area contributed by atoms with Crippen LogP contribution >= 0.6 is 0 Å². The molecule has 0 bridgehead atoms. The molecule has 0 aliphatic rings. The van der Waals surface area contributed by atoms with Crippen molar-refractivity contribution < 1.29 is 18.7 Å². The predicted octanol–water partition coefficient (Wildman–Crippen LogP) is 3.08. The van der Waals surface area contributed by atoms with Gasteiger partial charge in [0.15, 0.2) is 17.4 Å². The molecule has 0 saturated heterocycles. The Bertz CT molecular complexity index is 670. The van der Waals surface area contributed by atoms with E-state index >= 15 is 0 Å². The van der Waals surface area contributed by atoms with E-state index in [1.165, 1.54) is 25.4 Å². The summed E-state index contributed by atoms with van der Waals surface area (Å²) < 4.78 is 18.5. The van der Waals surface area contributed by atoms with Crippen LogP contribution in [0.1, 0.15) is 33.7 Å². The molecule has 0 amide bonds. The number of pyridine rings is 1. The van der Waals surface area contributed by atoms with Crippen molar-refractivity contribution in [3.63, 3.8) is 0 Å². The van der Waals surface area contributed by atoms with E-state index in [9.17, 15) is 14.0 Å². The van der Waals surface area contributed by atoms with Gasteiger partial charge in [-0.05, 0) is 24.3 Å². The number of nitrogens with zero attached hydrogens (tertiary/aromatic N) is 1. The van der Waals surface area contributed by atoms with Gasteiger partial charge >= 0.3 is 0 Å². The normalized spacial score (nSPS) is 10.2. The molecule has 5 heteroatoms. The first kappa shape index (κ1) is 14.8. The first-order valence-corrected chi connectivity index (χ1v) is 6.43. The number of rotatable bonds is 6. The summed E-state index contributed by atoms with van der Waals surface area (Å²) in [5.74, 6) is -0.931. The van der Waals surface area contributed by atoms with E-state index in [0.717, 1.165) is 0 Å². The molecule has 21 heavy (non-hydrogen) atoms. The molecule has 1 aromatic heterocycles. The summed E-state index contributed by atoms with van der Waals surface area (Å²) in [5.41, 5.74) is 0.180. The number of hydrogen-bond donors (Lipinski definition) is 0. The summed E-state index contributed by atoms with van der Waals surface area (Å²) in [6.07, 6.45) is 1.23. The fourth-order valence-electron chi connectivity index (χ4n) is 1.95. The third-order valence-electron chi connectivity index (χ3n) is 3.01. The second-order valence-corrected chi connectivity index (χ2v) is 4.38. The van der Waals surface area contributed by atoms with Gasteiger partial charge in [0.1, 0.15) is 11.4 Å². The zero-order chi connectivity index (χ0) is 15.2. The summed E-state index contributed by atoms with van der Waals surface area (Å²) in [6, 6.07) is 9.36. The highest BCUT2D eigenvalue weighted by Gasteiger charge is 2.17. The van der Waals surface area contributed by atoms with Gasteiger partial charge in [-0.3, -0.25) is 14.6 Å². The number of ketones is 2. The van der Waals surface area contributed by atoms with Crippen molar-refractivity contribution in [3.05, 3.63) is 59.7 Å². The maximum atomic E-state index is 13.4. The molecule has 0 radical (unpaired) electrons. The standard InChI is InChI=1S/C16H14FNO3/c1-21-15-7-3-2-5-11(15)13(19)8-9-14(20)16-12(17)6-4-10-18-16/h2-7,10H,8-9H2,1H3. The first-order valence-electron chi connectivity index (χ1n) is 6.43. The molecule has 0 atom stereocenters. The smallest absolute Gasteiger partial charge is 0.184 e. The van der Waals surface area contributed by atoms with E-state index in [1.807, 2.05) is 0 Å². The molecule has 0 saturated carbocycles. The largest absolute Gasteiger partial charge is 0.496 e. The zero-order valence-corrected chi connectivity index (χ0v) is 11.5. The number of aromatic nitrogens is 1. The van der Waals surface area contributed by atoms with Crippen LogP contribution in [-0.4, -0.2) is 23.7 Å². The summed E-state index contributed by atoms with van der Waals surface area (Å²) in [6.45, 7) is 0. The third kappa shape index (κ3) is 3.51. The molecular weight excluding hydrogens is 273 g/mol. The molecule has 2 aromatic rings. The molecule has 1 heterocycles. The van der Waals surface area contributed by atoms with Crippen LogP contribution in [0.3, 0.4) is 0 Å². The van der Waals surface area contributed by atoms with Gasteiger partial charge in [-0.1, -0.05) is 12.1 Å². The lowest BCUT2D eigenvalue weighted by Crippen LogP contribution is -2.09. The molecule has 0 fully saturated rings. The number of carbonyl (C=O) groups excluding carboxylic acids is 2. The van der Waals surface area contributed by atoms with Crippen molar-refractivity contribution >= 4 is 11.6 Å². The molecule has 108 valence electrons. The number of halogens is 1. The van der Waals surface area contributed by atoms with Crippen LogP contribution in [0, 0.1) is 5.82 Å². The van der Waals surface area contributed by atoms with Gasteiger partial charge in [0.25, 0.3) is 0 Å². The average Bonchev–Trinajstić information content (AvgIpc) is 2.52. The number of benzene rings is 1. The fraction of sp³-hybridized carbons (Fsp3) is 0.188. The van der Waals surface area contributed by atoms with E-state index in [0.29, 0.717) is 11.3 Å². The van der Waals surface area contributed by atoms with Crippen molar-refractivity contribution in [3.8, 4) is 5.75 Å². The number of methoxy groups -OCH3 is 1. The third-order valence-corrected chi connectivity index (χ3v) is 3.01. The van der Waals surface area contributed by atoms with Crippen LogP contribution in [0.4, 0.5) is 4.39 Å². The Labute approximate surface area is 121 Å². The molecule has 0 N–H and O–H groups in total. The molecule has 0 spiro atoms. The molecule has 0 unspecified atom stereocenters.